The zero-order valence-corrected chi connectivity index (χ0v) is 18.4. The summed E-state index contributed by atoms with van der Waals surface area (Å²) in [7, 11) is 1.21. The van der Waals surface area contributed by atoms with Crippen LogP contribution in [0.4, 0.5) is 5.00 Å². The highest BCUT2D eigenvalue weighted by Gasteiger charge is 2.26. The van der Waals surface area contributed by atoms with Crippen molar-refractivity contribution < 1.29 is 28.3 Å². The van der Waals surface area contributed by atoms with Crippen LogP contribution in [-0.4, -0.2) is 24.9 Å². The third kappa shape index (κ3) is 4.71. The van der Waals surface area contributed by atoms with Gasteiger partial charge < -0.3 is 24.9 Å². The SMILES string of the molecule is COC(=O)c1c(NC(=O)c2ccc(COc3ccc(Br)cc3)o2)sc(C(N)=O)c1C. The second-order valence-electron chi connectivity index (χ2n) is 6.08. The van der Waals surface area contributed by atoms with Crippen molar-refractivity contribution in [1.82, 2.24) is 0 Å². The highest BCUT2D eigenvalue weighted by molar-refractivity contribution is 9.10. The minimum absolute atomic E-state index is 0.0203. The summed E-state index contributed by atoms with van der Waals surface area (Å²) < 4.78 is 16.8. The van der Waals surface area contributed by atoms with Crippen LogP contribution in [0.2, 0.25) is 0 Å². The first-order valence-electron chi connectivity index (χ1n) is 8.60. The molecule has 0 bridgehead atoms. The Hall–Kier alpha value is -3.11. The number of anilines is 1. The quantitative estimate of drug-likeness (QED) is 0.478. The average Bonchev–Trinajstić information content (AvgIpc) is 3.32. The molecule has 8 nitrogen and oxygen atoms in total. The number of methoxy groups -OCH3 is 1. The molecule has 2 aromatic heterocycles. The number of primary amides is 1. The summed E-state index contributed by atoms with van der Waals surface area (Å²) in [4.78, 5) is 36.4. The molecule has 0 spiro atoms. The fourth-order valence-corrected chi connectivity index (χ4v) is 3.92. The van der Waals surface area contributed by atoms with Gasteiger partial charge in [-0.15, -0.1) is 11.3 Å². The summed E-state index contributed by atoms with van der Waals surface area (Å²) in [6.07, 6.45) is 0. The molecule has 0 saturated heterocycles. The maximum absolute atomic E-state index is 12.6. The molecule has 0 aliphatic carbocycles. The summed E-state index contributed by atoms with van der Waals surface area (Å²) in [5.74, 6) is -0.866. The Morgan fingerprint density at radius 1 is 1.17 bits per heavy atom. The third-order valence-electron chi connectivity index (χ3n) is 4.07. The highest BCUT2D eigenvalue weighted by atomic mass is 79.9. The summed E-state index contributed by atoms with van der Waals surface area (Å²) in [6, 6.07) is 10.4. The zero-order chi connectivity index (χ0) is 21.8. The molecule has 156 valence electrons. The molecule has 3 aromatic rings. The van der Waals surface area contributed by atoms with Crippen molar-refractivity contribution in [3.8, 4) is 5.75 Å². The number of thiophene rings is 1. The van der Waals surface area contributed by atoms with Gasteiger partial charge in [0.2, 0.25) is 0 Å². The number of benzene rings is 1. The number of esters is 1. The average molecular weight is 493 g/mol. The van der Waals surface area contributed by atoms with Gasteiger partial charge >= 0.3 is 5.97 Å². The number of furan rings is 1. The van der Waals surface area contributed by atoms with Gasteiger partial charge in [0, 0.05) is 4.47 Å². The van der Waals surface area contributed by atoms with Crippen LogP contribution in [-0.2, 0) is 11.3 Å². The van der Waals surface area contributed by atoms with E-state index >= 15 is 0 Å². The van der Waals surface area contributed by atoms with Gasteiger partial charge in [0.1, 0.15) is 23.1 Å². The molecule has 0 fully saturated rings. The molecule has 3 rings (SSSR count). The minimum Gasteiger partial charge on any atom is -0.486 e. The lowest BCUT2D eigenvalue weighted by atomic mass is 10.1. The van der Waals surface area contributed by atoms with Gasteiger partial charge in [0.05, 0.1) is 17.6 Å². The number of nitrogens with two attached hydrogens (primary N) is 1. The maximum atomic E-state index is 12.6. The standard InChI is InChI=1S/C20H17BrN2O6S/c1-10-15(20(26)27-2)19(30-16(10)17(22)24)23-18(25)14-8-7-13(29-14)9-28-12-5-3-11(21)4-6-12/h3-8H,9H2,1-2H3,(H2,22,24)(H,23,25). The highest BCUT2D eigenvalue weighted by Crippen LogP contribution is 2.33. The number of rotatable bonds is 7. The number of hydrogen-bond acceptors (Lipinski definition) is 7. The Morgan fingerprint density at radius 3 is 2.50 bits per heavy atom. The molecule has 10 heteroatoms. The third-order valence-corrected chi connectivity index (χ3v) is 5.82. The number of nitrogens with one attached hydrogen (secondary N) is 1. The van der Waals surface area contributed by atoms with E-state index in [0.717, 1.165) is 15.8 Å². The predicted octanol–water partition coefficient (Wildman–Crippen LogP) is 4.13. The molecule has 0 radical (unpaired) electrons. The minimum atomic E-state index is -0.700. The Bertz CT molecular complexity index is 1100. The van der Waals surface area contributed by atoms with Crippen LogP contribution in [0.1, 0.15) is 41.9 Å². The van der Waals surface area contributed by atoms with E-state index in [9.17, 15) is 14.4 Å². The van der Waals surface area contributed by atoms with Crippen molar-refractivity contribution >= 4 is 50.1 Å². The van der Waals surface area contributed by atoms with E-state index in [2.05, 4.69) is 21.2 Å². The van der Waals surface area contributed by atoms with E-state index in [4.69, 9.17) is 19.6 Å². The number of carbonyl (C=O) groups is 3. The normalized spacial score (nSPS) is 10.5. The molecule has 0 atom stereocenters. The lowest BCUT2D eigenvalue weighted by molar-refractivity contribution is 0.0601. The Morgan fingerprint density at radius 2 is 1.87 bits per heavy atom. The monoisotopic (exact) mass is 492 g/mol. The number of hydrogen-bond donors (Lipinski definition) is 2. The molecule has 2 amide bonds. The topological polar surface area (TPSA) is 121 Å². The smallest absolute Gasteiger partial charge is 0.341 e. The molecule has 0 unspecified atom stereocenters. The van der Waals surface area contributed by atoms with Crippen LogP contribution in [0.15, 0.2) is 45.3 Å². The molecule has 1 aromatic carbocycles. The van der Waals surface area contributed by atoms with Gasteiger partial charge in [-0.3, -0.25) is 9.59 Å². The van der Waals surface area contributed by atoms with Crippen molar-refractivity contribution in [2.75, 3.05) is 12.4 Å². The van der Waals surface area contributed by atoms with Crippen molar-refractivity contribution in [3.05, 3.63) is 68.4 Å². The zero-order valence-electron chi connectivity index (χ0n) is 16.0. The van der Waals surface area contributed by atoms with Crippen LogP contribution in [0.25, 0.3) is 0 Å². The van der Waals surface area contributed by atoms with E-state index in [1.54, 1.807) is 25.1 Å². The van der Waals surface area contributed by atoms with E-state index in [1.165, 1.54) is 13.2 Å². The summed E-state index contributed by atoms with van der Waals surface area (Å²) in [5, 5.41) is 2.74. The van der Waals surface area contributed by atoms with Crippen LogP contribution < -0.4 is 15.8 Å². The largest absolute Gasteiger partial charge is 0.486 e. The van der Waals surface area contributed by atoms with Crippen molar-refractivity contribution in [3.63, 3.8) is 0 Å². The number of halogens is 1. The lowest BCUT2D eigenvalue weighted by Crippen LogP contribution is -2.14. The molecule has 2 heterocycles. The Labute approximate surface area is 184 Å². The Kier molecular flexibility index (Phi) is 6.58. The van der Waals surface area contributed by atoms with Crippen molar-refractivity contribution in [1.29, 1.82) is 0 Å². The Balaban J connectivity index is 1.74. The molecule has 0 aliphatic rings. The number of ether oxygens (including phenoxy) is 2. The van der Waals surface area contributed by atoms with Crippen LogP contribution >= 0.6 is 27.3 Å². The second kappa shape index (κ2) is 9.14. The molecule has 0 saturated carbocycles. The molecule has 30 heavy (non-hydrogen) atoms. The van der Waals surface area contributed by atoms with Crippen molar-refractivity contribution in [2.24, 2.45) is 5.73 Å². The first kappa shape index (κ1) is 21.6. The molecule has 0 aliphatic heterocycles. The van der Waals surface area contributed by atoms with Gasteiger partial charge in [-0.1, -0.05) is 15.9 Å². The number of carbonyl (C=O) groups excluding carboxylic acids is 3. The van der Waals surface area contributed by atoms with Gasteiger partial charge in [0.25, 0.3) is 11.8 Å². The van der Waals surface area contributed by atoms with Gasteiger partial charge in [-0.05, 0) is 48.9 Å². The first-order chi connectivity index (χ1) is 14.3. The lowest BCUT2D eigenvalue weighted by Gasteiger charge is -2.05. The fourth-order valence-electron chi connectivity index (χ4n) is 2.61. The van der Waals surface area contributed by atoms with Crippen LogP contribution in [0.5, 0.6) is 5.75 Å². The summed E-state index contributed by atoms with van der Waals surface area (Å²) in [6.45, 7) is 1.69. The summed E-state index contributed by atoms with van der Waals surface area (Å²) in [5.41, 5.74) is 5.77. The molecule has 3 N–H and O–H groups in total. The van der Waals surface area contributed by atoms with Gasteiger partial charge in [-0.25, -0.2) is 4.79 Å². The van der Waals surface area contributed by atoms with E-state index in [0.29, 0.717) is 17.1 Å². The predicted molar refractivity (Wildman–Crippen MR) is 114 cm³/mol. The van der Waals surface area contributed by atoms with Crippen LogP contribution in [0, 0.1) is 6.92 Å². The fraction of sp³-hybridized carbons (Fsp3) is 0.150. The molecular weight excluding hydrogens is 476 g/mol. The van der Waals surface area contributed by atoms with Gasteiger partial charge in [0.15, 0.2) is 5.76 Å². The van der Waals surface area contributed by atoms with Crippen LogP contribution in [0.3, 0.4) is 0 Å². The maximum Gasteiger partial charge on any atom is 0.341 e. The number of amides is 2. The molecular formula is C20H17BrN2O6S. The van der Waals surface area contributed by atoms with E-state index in [1.807, 2.05) is 12.1 Å². The second-order valence-corrected chi connectivity index (χ2v) is 8.02. The first-order valence-corrected chi connectivity index (χ1v) is 10.2. The summed E-state index contributed by atoms with van der Waals surface area (Å²) >= 11 is 4.25. The van der Waals surface area contributed by atoms with Gasteiger partial charge in [-0.2, -0.15) is 0 Å². The van der Waals surface area contributed by atoms with E-state index in [-0.39, 0.29) is 27.8 Å². The van der Waals surface area contributed by atoms with Crippen molar-refractivity contribution in [2.45, 2.75) is 13.5 Å². The van der Waals surface area contributed by atoms with E-state index < -0.39 is 17.8 Å².